The zero-order valence-corrected chi connectivity index (χ0v) is 11.3. The van der Waals surface area contributed by atoms with Gasteiger partial charge in [-0.05, 0) is 31.7 Å². The molecule has 4 heteroatoms. The lowest BCUT2D eigenvalue weighted by atomic mass is 10.3. The number of thiophene rings is 1. The molecule has 2 aromatic heterocycles. The fourth-order valence-corrected chi connectivity index (χ4v) is 3.22. The number of aromatic nitrogens is 1. The molecular weight excluding hydrogens is 236 g/mol. The average Bonchev–Trinajstić information content (AvgIpc) is 2.84. The van der Waals surface area contributed by atoms with Crippen LogP contribution in [-0.4, -0.2) is 11.5 Å². The normalized spacial score (nSPS) is 10.9. The molecule has 0 amide bonds. The molecule has 0 bridgehead atoms. The van der Waals surface area contributed by atoms with Gasteiger partial charge in [0.2, 0.25) is 0 Å². The van der Waals surface area contributed by atoms with E-state index >= 15 is 0 Å². The van der Waals surface area contributed by atoms with E-state index in [-0.39, 0.29) is 0 Å². The predicted octanol–water partition coefficient (Wildman–Crippen LogP) is 3.15. The van der Waals surface area contributed by atoms with E-state index in [1.54, 1.807) is 11.3 Å². The zero-order valence-electron chi connectivity index (χ0n) is 9.62. The summed E-state index contributed by atoms with van der Waals surface area (Å²) in [5.41, 5.74) is 1.17. The van der Waals surface area contributed by atoms with Crippen LogP contribution in [0.5, 0.6) is 0 Å². The Bertz CT molecular complexity index is 432. The second-order valence-electron chi connectivity index (χ2n) is 3.75. The van der Waals surface area contributed by atoms with Gasteiger partial charge in [0.1, 0.15) is 0 Å². The molecule has 0 radical (unpaired) electrons. The minimum atomic E-state index is 0.947. The van der Waals surface area contributed by atoms with Gasteiger partial charge in [0.25, 0.3) is 0 Å². The third kappa shape index (κ3) is 3.14. The Morgan fingerprint density at radius 2 is 2.25 bits per heavy atom. The maximum absolute atomic E-state index is 4.42. The molecule has 2 aromatic rings. The van der Waals surface area contributed by atoms with Gasteiger partial charge in [0, 0.05) is 22.8 Å². The second kappa shape index (κ2) is 5.57. The SMILES string of the molecule is Cc1nc(C)c(CNCCc2cccs2)s1. The molecular formula is C12H16N2S2. The van der Waals surface area contributed by atoms with Gasteiger partial charge >= 0.3 is 0 Å². The highest BCUT2D eigenvalue weighted by Crippen LogP contribution is 2.16. The lowest BCUT2D eigenvalue weighted by Crippen LogP contribution is -2.16. The summed E-state index contributed by atoms with van der Waals surface area (Å²) in [6, 6.07) is 4.30. The maximum atomic E-state index is 4.42. The Morgan fingerprint density at radius 1 is 1.38 bits per heavy atom. The molecule has 2 heterocycles. The average molecular weight is 252 g/mol. The molecule has 2 nitrogen and oxygen atoms in total. The first-order chi connectivity index (χ1) is 7.75. The summed E-state index contributed by atoms with van der Waals surface area (Å²) < 4.78 is 0. The van der Waals surface area contributed by atoms with Crippen LogP contribution in [0.3, 0.4) is 0 Å². The standard InChI is InChI=1S/C12H16N2S2/c1-9-12(16-10(2)14-9)8-13-6-5-11-4-3-7-15-11/h3-4,7,13H,5-6,8H2,1-2H3. The molecule has 0 aliphatic rings. The molecule has 86 valence electrons. The van der Waals surface area contributed by atoms with Gasteiger partial charge in [-0.25, -0.2) is 4.98 Å². The van der Waals surface area contributed by atoms with Crippen molar-refractivity contribution in [3.63, 3.8) is 0 Å². The van der Waals surface area contributed by atoms with E-state index in [4.69, 9.17) is 0 Å². The van der Waals surface area contributed by atoms with Crippen LogP contribution in [0.15, 0.2) is 17.5 Å². The Labute approximate surface area is 104 Å². The van der Waals surface area contributed by atoms with Crippen LogP contribution < -0.4 is 5.32 Å². The highest BCUT2D eigenvalue weighted by atomic mass is 32.1. The van der Waals surface area contributed by atoms with E-state index in [1.165, 1.54) is 15.4 Å². The first kappa shape index (κ1) is 11.8. The summed E-state index contributed by atoms with van der Waals surface area (Å²) >= 11 is 3.62. The Hall–Kier alpha value is -0.710. The molecule has 1 N–H and O–H groups in total. The second-order valence-corrected chi connectivity index (χ2v) is 6.07. The van der Waals surface area contributed by atoms with Gasteiger partial charge in [-0.1, -0.05) is 6.07 Å². The fraction of sp³-hybridized carbons (Fsp3) is 0.417. The van der Waals surface area contributed by atoms with Crippen LogP contribution in [0.1, 0.15) is 20.5 Å². The van der Waals surface area contributed by atoms with E-state index in [1.807, 2.05) is 11.3 Å². The molecule has 0 saturated heterocycles. The summed E-state index contributed by atoms with van der Waals surface area (Å²) in [6.07, 6.45) is 1.12. The van der Waals surface area contributed by atoms with Gasteiger partial charge in [0.05, 0.1) is 10.7 Å². The number of nitrogens with zero attached hydrogens (tertiary/aromatic N) is 1. The number of hydrogen-bond donors (Lipinski definition) is 1. The number of rotatable bonds is 5. The van der Waals surface area contributed by atoms with Crippen molar-refractivity contribution in [1.82, 2.24) is 10.3 Å². The van der Waals surface area contributed by atoms with E-state index in [0.717, 1.165) is 24.5 Å². The minimum absolute atomic E-state index is 0.947. The van der Waals surface area contributed by atoms with Crippen molar-refractivity contribution in [2.45, 2.75) is 26.8 Å². The molecule has 0 atom stereocenters. The molecule has 0 aromatic carbocycles. The van der Waals surface area contributed by atoms with Crippen LogP contribution in [0.2, 0.25) is 0 Å². The first-order valence-corrected chi connectivity index (χ1v) is 7.11. The van der Waals surface area contributed by atoms with E-state index < -0.39 is 0 Å². The van der Waals surface area contributed by atoms with Crippen LogP contribution in [0, 0.1) is 13.8 Å². The van der Waals surface area contributed by atoms with Gasteiger partial charge < -0.3 is 5.32 Å². The summed E-state index contributed by atoms with van der Waals surface area (Å²) in [5, 5.41) is 6.76. The Morgan fingerprint density at radius 3 is 2.88 bits per heavy atom. The molecule has 0 unspecified atom stereocenters. The van der Waals surface area contributed by atoms with Crippen molar-refractivity contribution >= 4 is 22.7 Å². The largest absolute Gasteiger partial charge is 0.311 e. The van der Waals surface area contributed by atoms with Crippen molar-refractivity contribution in [3.8, 4) is 0 Å². The monoisotopic (exact) mass is 252 g/mol. The number of hydrogen-bond acceptors (Lipinski definition) is 4. The summed E-state index contributed by atoms with van der Waals surface area (Å²) in [6.45, 7) is 6.13. The lowest BCUT2D eigenvalue weighted by Gasteiger charge is -2.02. The molecule has 0 fully saturated rings. The highest BCUT2D eigenvalue weighted by molar-refractivity contribution is 7.11. The van der Waals surface area contributed by atoms with Crippen LogP contribution >= 0.6 is 22.7 Å². The van der Waals surface area contributed by atoms with Crippen molar-refractivity contribution < 1.29 is 0 Å². The van der Waals surface area contributed by atoms with Crippen molar-refractivity contribution in [2.75, 3.05) is 6.54 Å². The number of nitrogens with one attached hydrogen (secondary N) is 1. The topological polar surface area (TPSA) is 24.9 Å². The highest BCUT2D eigenvalue weighted by Gasteiger charge is 2.03. The van der Waals surface area contributed by atoms with E-state index in [2.05, 4.69) is 41.7 Å². The smallest absolute Gasteiger partial charge is 0.0900 e. The minimum Gasteiger partial charge on any atom is -0.311 e. The van der Waals surface area contributed by atoms with Crippen molar-refractivity contribution in [3.05, 3.63) is 38.0 Å². The van der Waals surface area contributed by atoms with Gasteiger partial charge in [0.15, 0.2) is 0 Å². The quantitative estimate of drug-likeness (QED) is 0.827. The van der Waals surface area contributed by atoms with Crippen molar-refractivity contribution in [1.29, 1.82) is 0 Å². The summed E-state index contributed by atoms with van der Waals surface area (Å²) in [4.78, 5) is 7.23. The van der Waals surface area contributed by atoms with E-state index in [9.17, 15) is 0 Å². The number of thiazole rings is 1. The fourth-order valence-electron chi connectivity index (χ4n) is 1.61. The van der Waals surface area contributed by atoms with Gasteiger partial charge in [-0.15, -0.1) is 22.7 Å². The summed E-state index contributed by atoms with van der Waals surface area (Å²) in [5.74, 6) is 0. The van der Waals surface area contributed by atoms with Crippen molar-refractivity contribution in [2.24, 2.45) is 0 Å². The molecule has 16 heavy (non-hydrogen) atoms. The molecule has 2 rings (SSSR count). The van der Waals surface area contributed by atoms with Crippen LogP contribution in [-0.2, 0) is 13.0 Å². The predicted molar refractivity (Wildman–Crippen MR) is 71.3 cm³/mol. The molecule has 0 aliphatic heterocycles. The lowest BCUT2D eigenvalue weighted by molar-refractivity contribution is 0.694. The van der Waals surface area contributed by atoms with Crippen LogP contribution in [0.25, 0.3) is 0 Å². The third-order valence-electron chi connectivity index (χ3n) is 2.41. The molecule has 0 saturated carbocycles. The molecule has 0 spiro atoms. The third-order valence-corrected chi connectivity index (χ3v) is 4.42. The zero-order chi connectivity index (χ0) is 11.4. The maximum Gasteiger partial charge on any atom is 0.0900 e. The first-order valence-electron chi connectivity index (χ1n) is 5.41. The Kier molecular flexibility index (Phi) is 4.09. The number of aryl methyl sites for hydroxylation is 2. The van der Waals surface area contributed by atoms with E-state index in [0.29, 0.717) is 0 Å². The molecule has 0 aliphatic carbocycles. The van der Waals surface area contributed by atoms with Crippen LogP contribution in [0.4, 0.5) is 0 Å². The Balaban J connectivity index is 1.74. The summed E-state index contributed by atoms with van der Waals surface area (Å²) in [7, 11) is 0. The van der Waals surface area contributed by atoms with Gasteiger partial charge in [-0.3, -0.25) is 0 Å². The van der Waals surface area contributed by atoms with Gasteiger partial charge in [-0.2, -0.15) is 0 Å².